The Kier molecular flexibility index (Phi) is 3.31. The van der Waals surface area contributed by atoms with E-state index in [1.807, 2.05) is 13.8 Å². The molecule has 1 aromatic rings. The Balaban J connectivity index is 2.53. The fourth-order valence-corrected chi connectivity index (χ4v) is 1.14. The summed E-state index contributed by atoms with van der Waals surface area (Å²) in [5.41, 5.74) is 0. The van der Waals surface area contributed by atoms with Crippen molar-refractivity contribution in [1.29, 1.82) is 0 Å². The van der Waals surface area contributed by atoms with E-state index in [1.165, 1.54) is 0 Å². The number of furan rings is 1. The smallest absolute Gasteiger partial charge is 0.133 e. The molecule has 0 aliphatic carbocycles. The minimum Gasteiger partial charge on any atom is -0.467 e. The van der Waals surface area contributed by atoms with Crippen molar-refractivity contribution in [1.82, 2.24) is 5.32 Å². The second-order valence-electron chi connectivity index (χ2n) is 2.81. The molecule has 3 heteroatoms. The van der Waals surface area contributed by atoms with Gasteiger partial charge in [0.1, 0.15) is 11.9 Å². The molecule has 1 heterocycles. The van der Waals surface area contributed by atoms with Crippen LogP contribution in [0.5, 0.6) is 0 Å². The van der Waals surface area contributed by atoms with Crippen LogP contribution in [0.4, 0.5) is 0 Å². The molecule has 0 aliphatic heterocycles. The highest BCUT2D eigenvalue weighted by Crippen LogP contribution is 2.16. The minimum atomic E-state index is -0.556. The van der Waals surface area contributed by atoms with Crippen LogP contribution in [-0.2, 0) is 0 Å². The Morgan fingerprint density at radius 1 is 1.67 bits per heavy atom. The van der Waals surface area contributed by atoms with E-state index in [0.717, 1.165) is 6.54 Å². The topological polar surface area (TPSA) is 45.4 Å². The zero-order valence-corrected chi connectivity index (χ0v) is 7.45. The first-order chi connectivity index (χ1) is 5.75. The van der Waals surface area contributed by atoms with Gasteiger partial charge in [-0.25, -0.2) is 0 Å². The van der Waals surface area contributed by atoms with Gasteiger partial charge in [0.05, 0.1) is 6.26 Å². The van der Waals surface area contributed by atoms with E-state index in [-0.39, 0.29) is 6.04 Å². The fourth-order valence-electron chi connectivity index (χ4n) is 1.14. The van der Waals surface area contributed by atoms with Crippen LogP contribution in [0.15, 0.2) is 22.8 Å². The second-order valence-corrected chi connectivity index (χ2v) is 2.81. The lowest BCUT2D eigenvalue weighted by Gasteiger charge is -2.16. The quantitative estimate of drug-likeness (QED) is 0.714. The van der Waals surface area contributed by atoms with Crippen LogP contribution in [-0.4, -0.2) is 17.7 Å². The van der Waals surface area contributed by atoms with E-state index in [0.29, 0.717) is 5.76 Å². The van der Waals surface area contributed by atoms with E-state index in [4.69, 9.17) is 4.42 Å². The number of rotatable bonds is 4. The van der Waals surface area contributed by atoms with E-state index in [1.54, 1.807) is 18.4 Å². The lowest BCUT2D eigenvalue weighted by molar-refractivity contribution is 0.113. The van der Waals surface area contributed by atoms with Crippen molar-refractivity contribution < 1.29 is 9.52 Å². The molecule has 0 aromatic carbocycles. The molecule has 2 N–H and O–H groups in total. The summed E-state index contributed by atoms with van der Waals surface area (Å²) in [7, 11) is 0. The minimum absolute atomic E-state index is 0.0288. The molecule has 1 aromatic heterocycles. The van der Waals surface area contributed by atoms with E-state index < -0.39 is 6.10 Å². The molecule has 68 valence electrons. The van der Waals surface area contributed by atoms with Crippen LogP contribution < -0.4 is 5.32 Å². The first-order valence-corrected chi connectivity index (χ1v) is 4.20. The molecular weight excluding hydrogens is 154 g/mol. The van der Waals surface area contributed by atoms with Gasteiger partial charge in [-0.15, -0.1) is 0 Å². The Labute approximate surface area is 72.4 Å². The molecular formula is C9H15NO2. The fraction of sp³-hybridized carbons (Fsp3) is 0.556. The highest BCUT2D eigenvalue weighted by Gasteiger charge is 2.16. The van der Waals surface area contributed by atoms with Gasteiger partial charge in [0.25, 0.3) is 0 Å². The Morgan fingerprint density at radius 3 is 2.92 bits per heavy atom. The molecule has 0 saturated heterocycles. The third kappa shape index (κ3) is 2.09. The van der Waals surface area contributed by atoms with Crippen LogP contribution in [0.1, 0.15) is 25.7 Å². The first kappa shape index (κ1) is 9.29. The third-order valence-corrected chi connectivity index (χ3v) is 1.83. The maximum atomic E-state index is 9.65. The van der Waals surface area contributed by atoms with Crippen LogP contribution in [0.2, 0.25) is 0 Å². The first-order valence-electron chi connectivity index (χ1n) is 4.20. The van der Waals surface area contributed by atoms with Crippen LogP contribution in [0.3, 0.4) is 0 Å². The highest BCUT2D eigenvalue weighted by atomic mass is 16.4. The molecule has 0 fully saturated rings. The predicted molar refractivity (Wildman–Crippen MR) is 46.8 cm³/mol. The van der Waals surface area contributed by atoms with Crippen molar-refractivity contribution in [3.05, 3.63) is 24.2 Å². The van der Waals surface area contributed by atoms with Crippen molar-refractivity contribution in [2.75, 3.05) is 6.54 Å². The van der Waals surface area contributed by atoms with Gasteiger partial charge in [0.15, 0.2) is 0 Å². The van der Waals surface area contributed by atoms with Crippen molar-refractivity contribution in [3.63, 3.8) is 0 Å². The van der Waals surface area contributed by atoms with E-state index in [2.05, 4.69) is 5.32 Å². The van der Waals surface area contributed by atoms with Crippen molar-refractivity contribution >= 4 is 0 Å². The van der Waals surface area contributed by atoms with Crippen LogP contribution >= 0.6 is 0 Å². The molecule has 12 heavy (non-hydrogen) atoms. The number of aliphatic hydroxyl groups is 1. The van der Waals surface area contributed by atoms with Gasteiger partial charge in [-0.2, -0.15) is 0 Å². The molecule has 0 amide bonds. The molecule has 0 spiro atoms. The number of nitrogens with one attached hydrogen (secondary N) is 1. The second kappa shape index (κ2) is 4.28. The van der Waals surface area contributed by atoms with Gasteiger partial charge >= 0.3 is 0 Å². The highest BCUT2D eigenvalue weighted by molar-refractivity contribution is 5.03. The summed E-state index contributed by atoms with van der Waals surface area (Å²) in [5, 5.41) is 12.8. The van der Waals surface area contributed by atoms with Crippen LogP contribution in [0.25, 0.3) is 0 Å². The van der Waals surface area contributed by atoms with Crippen molar-refractivity contribution in [3.8, 4) is 0 Å². The third-order valence-electron chi connectivity index (χ3n) is 1.83. The molecule has 3 nitrogen and oxygen atoms in total. The zero-order valence-electron chi connectivity index (χ0n) is 7.45. The Hall–Kier alpha value is -0.800. The molecule has 1 rings (SSSR count). The maximum Gasteiger partial charge on any atom is 0.133 e. The lowest BCUT2D eigenvalue weighted by Crippen LogP contribution is -2.31. The van der Waals surface area contributed by atoms with Gasteiger partial charge in [0, 0.05) is 6.04 Å². The summed E-state index contributed by atoms with van der Waals surface area (Å²) in [4.78, 5) is 0. The Morgan fingerprint density at radius 2 is 2.42 bits per heavy atom. The van der Waals surface area contributed by atoms with Crippen molar-refractivity contribution in [2.24, 2.45) is 0 Å². The van der Waals surface area contributed by atoms with Gasteiger partial charge in [-0.1, -0.05) is 6.92 Å². The SMILES string of the molecule is CCNC(C)C(O)c1ccco1. The number of hydrogen-bond acceptors (Lipinski definition) is 3. The van der Waals surface area contributed by atoms with E-state index >= 15 is 0 Å². The monoisotopic (exact) mass is 169 g/mol. The van der Waals surface area contributed by atoms with Gasteiger partial charge in [0.2, 0.25) is 0 Å². The predicted octanol–water partition coefficient (Wildman–Crippen LogP) is 1.31. The summed E-state index contributed by atoms with van der Waals surface area (Å²) in [5.74, 6) is 0.614. The molecule has 2 unspecified atom stereocenters. The summed E-state index contributed by atoms with van der Waals surface area (Å²) in [6.45, 7) is 4.78. The summed E-state index contributed by atoms with van der Waals surface area (Å²) in [6, 6.07) is 3.58. The average molecular weight is 169 g/mol. The molecule has 0 aliphatic rings. The maximum absolute atomic E-state index is 9.65. The summed E-state index contributed by atoms with van der Waals surface area (Å²) >= 11 is 0. The molecule has 0 radical (unpaired) electrons. The largest absolute Gasteiger partial charge is 0.467 e. The number of aliphatic hydroxyl groups excluding tert-OH is 1. The van der Waals surface area contributed by atoms with Gasteiger partial charge in [-0.3, -0.25) is 0 Å². The number of hydrogen-bond donors (Lipinski definition) is 2. The van der Waals surface area contributed by atoms with Gasteiger partial charge < -0.3 is 14.8 Å². The molecule has 2 atom stereocenters. The summed E-state index contributed by atoms with van der Waals surface area (Å²) < 4.78 is 5.07. The summed E-state index contributed by atoms with van der Waals surface area (Å²) in [6.07, 6.45) is 1.01. The molecule has 0 bridgehead atoms. The van der Waals surface area contributed by atoms with Crippen molar-refractivity contribution in [2.45, 2.75) is 26.0 Å². The normalized spacial score (nSPS) is 15.9. The standard InChI is InChI=1S/C9H15NO2/c1-3-10-7(2)9(11)8-5-4-6-12-8/h4-7,9-11H,3H2,1-2H3. The van der Waals surface area contributed by atoms with Gasteiger partial charge in [-0.05, 0) is 25.6 Å². The van der Waals surface area contributed by atoms with E-state index in [9.17, 15) is 5.11 Å². The number of likely N-dealkylation sites (N-methyl/N-ethyl adjacent to an activating group) is 1. The Bertz CT molecular complexity index is 208. The lowest BCUT2D eigenvalue weighted by atomic mass is 10.1. The van der Waals surface area contributed by atoms with Crippen LogP contribution in [0, 0.1) is 0 Å². The molecule has 0 saturated carbocycles. The zero-order chi connectivity index (χ0) is 8.97. The average Bonchev–Trinajstić information content (AvgIpc) is 2.55.